The van der Waals surface area contributed by atoms with Gasteiger partial charge in [-0.15, -0.1) is 0 Å². The molecule has 1 N–H and O–H groups in total. The Morgan fingerprint density at radius 3 is 2.29 bits per heavy atom. The largest absolute Gasteiger partial charge is 0.493 e. The molecule has 4 aromatic rings. The molecule has 0 saturated carbocycles. The van der Waals surface area contributed by atoms with Crippen LogP contribution < -0.4 is 4.74 Å². The van der Waals surface area contributed by atoms with Crippen molar-refractivity contribution in [2.24, 2.45) is 0 Å². The van der Waals surface area contributed by atoms with Gasteiger partial charge in [0.15, 0.2) is 5.78 Å². The summed E-state index contributed by atoms with van der Waals surface area (Å²) in [6, 6.07) is 28.9. The SMILES string of the molecule is O=C(CO)CCCCCOc1ccccc1CN(Cc1ccccc1)C(=O)c1ccc(-c2ccco2)cc1. The maximum atomic E-state index is 13.7. The molecule has 1 amide bonds. The van der Waals surface area contributed by atoms with Gasteiger partial charge in [-0.3, -0.25) is 9.59 Å². The molecule has 0 unspecified atom stereocenters. The summed E-state index contributed by atoms with van der Waals surface area (Å²) < 4.78 is 11.6. The normalized spacial score (nSPS) is 10.8. The number of furan rings is 1. The molecule has 0 radical (unpaired) electrons. The summed E-state index contributed by atoms with van der Waals surface area (Å²) in [5.74, 6) is 1.31. The highest BCUT2D eigenvalue weighted by atomic mass is 16.5. The number of aliphatic hydroxyl groups is 1. The number of hydrogen-bond donors (Lipinski definition) is 1. The van der Waals surface area contributed by atoms with Crippen molar-refractivity contribution in [3.63, 3.8) is 0 Å². The Balaban J connectivity index is 1.46. The number of amides is 1. The van der Waals surface area contributed by atoms with Gasteiger partial charge in [0.1, 0.15) is 18.1 Å². The van der Waals surface area contributed by atoms with E-state index in [-0.39, 0.29) is 11.7 Å². The van der Waals surface area contributed by atoms with Crippen molar-refractivity contribution in [2.75, 3.05) is 13.2 Å². The molecule has 0 aliphatic heterocycles. The quantitative estimate of drug-likeness (QED) is 0.201. The van der Waals surface area contributed by atoms with Gasteiger partial charge in [-0.1, -0.05) is 60.7 Å². The standard InChI is InChI=1S/C32H33NO5/c34-24-29(35)13-5-2-8-20-37-31-14-7-6-12-28(31)23-33(22-25-10-3-1-4-11-25)32(36)27-18-16-26(17-19-27)30-15-9-21-38-30/h1,3-4,6-7,9-12,14-19,21,34H,2,5,8,13,20,22-24H2. The van der Waals surface area contributed by atoms with Crippen molar-refractivity contribution in [2.45, 2.75) is 38.8 Å². The Morgan fingerprint density at radius 2 is 1.55 bits per heavy atom. The van der Waals surface area contributed by atoms with E-state index in [4.69, 9.17) is 14.3 Å². The Hall–Kier alpha value is -4.16. The number of para-hydroxylation sites is 1. The fourth-order valence-electron chi connectivity index (χ4n) is 4.25. The minimum absolute atomic E-state index is 0.0665. The maximum Gasteiger partial charge on any atom is 0.254 e. The van der Waals surface area contributed by atoms with Crippen LogP contribution in [0.5, 0.6) is 5.75 Å². The number of hydrogen-bond acceptors (Lipinski definition) is 5. The van der Waals surface area contributed by atoms with E-state index in [1.54, 1.807) is 6.26 Å². The van der Waals surface area contributed by atoms with Crippen LogP contribution >= 0.6 is 0 Å². The summed E-state index contributed by atoms with van der Waals surface area (Å²) in [7, 11) is 0. The van der Waals surface area contributed by atoms with Gasteiger partial charge < -0.3 is 19.2 Å². The molecule has 1 heterocycles. The molecule has 38 heavy (non-hydrogen) atoms. The van der Waals surface area contributed by atoms with Gasteiger partial charge in [-0.05, 0) is 55.2 Å². The van der Waals surface area contributed by atoms with Crippen LogP contribution in [0.2, 0.25) is 0 Å². The van der Waals surface area contributed by atoms with Gasteiger partial charge in [-0.25, -0.2) is 0 Å². The number of ketones is 1. The summed E-state index contributed by atoms with van der Waals surface area (Å²) in [6.45, 7) is 0.989. The minimum Gasteiger partial charge on any atom is -0.493 e. The first-order chi connectivity index (χ1) is 18.6. The van der Waals surface area contributed by atoms with Gasteiger partial charge in [0, 0.05) is 36.2 Å². The first-order valence-electron chi connectivity index (χ1n) is 12.9. The van der Waals surface area contributed by atoms with E-state index in [1.807, 2.05) is 95.9 Å². The highest BCUT2D eigenvalue weighted by Gasteiger charge is 2.19. The molecule has 0 fully saturated rings. The predicted molar refractivity (Wildman–Crippen MR) is 147 cm³/mol. The molecule has 0 saturated heterocycles. The lowest BCUT2D eigenvalue weighted by molar-refractivity contribution is -0.121. The molecule has 6 heteroatoms. The van der Waals surface area contributed by atoms with Gasteiger partial charge in [-0.2, -0.15) is 0 Å². The number of rotatable bonds is 14. The number of aliphatic hydroxyl groups excluding tert-OH is 1. The third-order valence-corrected chi connectivity index (χ3v) is 6.31. The molecule has 4 rings (SSSR count). The second-order valence-corrected chi connectivity index (χ2v) is 9.17. The molecular formula is C32H33NO5. The van der Waals surface area contributed by atoms with Crippen LogP contribution in [-0.2, 0) is 17.9 Å². The summed E-state index contributed by atoms with van der Waals surface area (Å²) >= 11 is 0. The fourth-order valence-corrected chi connectivity index (χ4v) is 4.25. The average molecular weight is 512 g/mol. The average Bonchev–Trinajstić information content (AvgIpc) is 3.50. The Kier molecular flexibility index (Phi) is 9.88. The second-order valence-electron chi connectivity index (χ2n) is 9.17. The zero-order valence-corrected chi connectivity index (χ0v) is 21.4. The molecule has 0 bridgehead atoms. The predicted octanol–water partition coefficient (Wildman–Crippen LogP) is 6.29. The van der Waals surface area contributed by atoms with Gasteiger partial charge in [0.05, 0.1) is 12.9 Å². The lowest BCUT2D eigenvalue weighted by atomic mass is 10.1. The first-order valence-corrected chi connectivity index (χ1v) is 12.9. The highest BCUT2D eigenvalue weighted by Crippen LogP contribution is 2.24. The summed E-state index contributed by atoms with van der Waals surface area (Å²) in [6.07, 6.45) is 4.42. The number of nitrogens with zero attached hydrogens (tertiary/aromatic N) is 1. The Bertz CT molecular complexity index is 1280. The van der Waals surface area contributed by atoms with Crippen LogP contribution in [0.15, 0.2) is 102 Å². The van der Waals surface area contributed by atoms with Gasteiger partial charge >= 0.3 is 0 Å². The minimum atomic E-state index is -0.393. The smallest absolute Gasteiger partial charge is 0.254 e. The third-order valence-electron chi connectivity index (χ3n) is 6.31. The van der Waals surface area contributed by atoms with Crippen LogP contribution in [-0.4, -0.2) is 34.9 Å². The first kappa shape index (κ1) is 26.9. The number of carbonyl (C=O) groups excluding carboxylic acids is 2. The van der Waals surface area contributed by atoms with E-state index >= 15 is 0 Å². The molecular weight excluding hydrogens is 478 g/mol. The Labute approximate surface area is 223 Å². The summed E-state index contributed by atoms with van der Waals surface area (Å²) in [5, 5.41) is 8.84. The zero-order chi connectivity index (χ0) is 26.6. The van der Waals surface area contributed by atoms with Crippen molar-refractivity contribution in [3.8, 4) is 17.1 Å². The van der Waals surface area contributed by atoms with Crippen molar-refractivity contribution in [1.29, 1.82) is 0 Å². The van der Waals surface area contributed by atoms with Gasteiger partial charge in [0.25, 0.3) is 5.91 Å². The van der Waals surface area contributed by atoms with E-state index in [1.165, 1.54) is 0 Å². The van der Waals surface area contributed by atoms with E-state index in [0.717, 1.165) is 47.5 Å². The van der Waals surface area contributed by atoms with Gasteiger partial charge in [0.2, 0.25) is 0 Å². The van der Waals surface area contributed by atoms with Crippen molar-refractivity contribution >= 4 is 11.7 Å². The maximum absolute atomic E-state index is 13.7. The van der Waals surface area contributed by atoms with Crippen LogP contribution in [0.3, 0.4) is 0 Å². The lowest BCUT2D eigenvalue weighted by Gasteiger charge is -2.24. The van der Waals surface area contributed by atoms with Crippen LogP contribution in [0, 0.1) is 0 Å². The fraction of sp³-hybridized carbons (Fsp3) is 0.250. The molecule has 0 aliphatic rings. The summed E-state index contributed by atoms with van der Waals surface area (Å²) in [5.41, 5.74) is 3.50. The van der Waals surface area contributed by atoms with Crippen molar-refractivity contribution < 1.29 is 23.8 Å². The topological polar surface area (TPSA) is 80.0 Å². The van der Waals surface area contributed by atoms with E-state index in [0.29, 0.717) is 31.7 Å². The van der Waals surface area contributed by atoms with Crippen LogP contribution in [0.1, 0.15) is 47.2 Å². The van der Waals surface area contributed by atoms with Crippen molar-refractivity contribution in [1.82, 2.24) is 4.90 Å². The molecule has 3 aromatic carbocycles. The number of benzene rings is 3. The molecule has 1 aromatic heterocycles. The Morgan fingerprint density at radius 1 is 0.789 bits per heavy atom. The monoisotopic (exact) mass is 511 g/mol. The van der Waals surface area contributed by atoms with E-state index in [2.05, 4.69) is 0 Å². The zero-order valence-electron chi connectivity index (χ0n) is 21.4. The molecule has 196 valence electrons. The number of carbonyl (C=O) groups is 2. The number of ether oxygens (including phenoxy) is 1. The van der Waals surface area contributed by atoms with Crippen molar-refractivity contribution in [3.05, 3.63) is 114 Å². The van der Waals surface area contributed by atoms with E-state index in [9.17, 15) is 9.59 Å². The second kappa shape index (κ2) is 14.0. The molecule has 6 nitrogen and oxygen atoms in total. The summed E-state index contributed by atoms with van der Waals surface area (Å²) in [4.78, 5) is 26.8. The molecule has 0 atom stereocenters. The highest BCUT2D eigenvalue weighted by molar-refractivity contribution is 5.94. The molecule has 0 spiro atoms. The number of unbranched alkanes of at least 4 members (excludes halogenated alkanes) is 2. The van der Waals surface area contributed by atoms with Crippen LogP contribution in [0.4, 0.5) is 0 Å². The number of Topliss-reactive ketones (excluding diaryl/α,β-unsaturated/α-hetero) is 1. The molecule has 0 aliphatic carbocycles. The third kappa shape index (κ3) is 7.67. The van der Waals surface area contributed by atoms with Crippen LogP contribution in [0.25, 0.3) is 11.3 Å². The van der Waals surface area contributed by atoms with E-state index < -0.39 is 6.61 Å². The lowest BCUT2D eigenvalue weighted by Crippen LogP contribution is -2.30.